The molecule has 1 aliphatic heterocycles. The highest BCUT2D eigenvalue weighted by Gasteiger charge is 2.21. The third kappa shape index (κ3) is 3.50. The maximum atomic E-state index is 12.3. The van der Waals surface area contributed by atoms with Gasteiger partial charge in [0, 0.05) is 36.7 Å². The zero-order chi connectivity index (χ0) is 15.4. The quantitative estimate of drug-likeness (QED) is 0.865. The largest absolute Gasteiger partial charge is 0.368 e. The molecule has 0 atom stereocenters. The Kier molecular flexibility index (Phi) is 4.78. The number of anilines is 1. The van der Waals surface area contributed by atoms with Gasteiger partial charge in [0.1, 0.15) is 0 Å². The van der Waals surface area contributed by atoms with Crippen LogP contribution in [0, 0.1) is 0 Å². The summed E-state index contributed by atoms with van der Waals surface area (Å²) in [6.45, 7) is 5.65. The second-order valence-electron chi connectivity index (χ2n) is 5.64. The molecule has 0 radical (unpaired) electrons. The summed E-state index contributed by atoms with van der Waals surface area (Å²) in [6, 6.07) is 12.8. The lowest BCUT2D eigenvalue weighted by Gasteiger charge is -2.36. The molecule has 1 aliphatic rings. The van der Waals surface area contributed by atoms with Crippen LogP contribution >= 0.6 is 11.3 Å². The van der Waals surface area contributed by atoms with Crippen LogP contribution in [-0.4, -0.2) is 37.0 Å². The van der Waals surface area contributed by atoms with E-state index in [0.29, 0.717) is 6.42 Å². The SMILES string of the molecule is CCc1ccc(N2CCN(C(=O)Cc3cccs3)CC2)cc1. The fourth-order valence-electron chi connectivity index (χ4n) is 2.83. The normalized spacial score (nSPS) is 15.1. The smallest absolute Gasteiger partial charge is 0.227 e. The van der Waals surface area contributed by atoms with Crippen LogP contribution < -0.4 is 4.90 Å². The Hall–Kier alpha value is -1.81. The van der Waals surface area contributed by atoms with Crippen molar-refractivity contribution in [2.45, 2.75) is 19.8 Å². The standard InChI is InChI=1S/C18H22N2OS/c1-2-15-5-7-16(8-6-15)19-9-11-20(12-10-19)18(21)14-17-4-3-13-22-17/h3-8,13H,2,9-12,14H2,1H3. The number of benzene rings is 1. The van der Waals surface area contributed by atoms with E-state index in [4.69, 9.17) is 0 Å². The minimum Gasteiger partial charge on any atom is -0.368 e. The van der Waals surface area contributed by atoms with Crippen molar-refractivity contribution in [3.05, 3.63) is 52.2 Å². The van der Waals surface area contributed by atoms with E-state index in [1.807, 2.05) is 22.4 Å². The molecule has 2 heterocycles. The number of rotatable bonds is 4. The zero-order valence-corrected chi connectivity index (χ0v) is 13.8. The van der Waals surface area contributed by atoms with Crippen molar-refractivity contribution >= 4 is 22.9 Å². The molecule has 1 aromatic heterocycles. The fraction of sp³-hybridized carbons (Fsp3) is 0.389. The van der Waals surface area contributed by atoms with Gasteiger partial charge in [-0.25, -0.2) is 0 Å². The zero-order valence-electron chi connectivity index (χ0n) is 13.0. The number of carbonyl (C=O) groups is 1. The lowest BCUT2D eigenvalue weighted by atomic mass is 10.1. The first-order valence-corrected chi connectivity index (χ1v) is 8.78. The summed E-state index contributed by atoms with van der Waals surface area (Å²) >= 11 is 1.66. The second-order valence-corrected chi connectivity index (χ2v) is 6.68. The van der Waals surface area contributed by atoms with Gasteiger partial charge in [-0.15, -0.1) is 11.3 Å². The van der Waals surface area contributed by atoms with Gasteiger partial charge in [0.25, 0.3) is 0 Å². The Morgan fingerprint density at radius 3 is 2.41 bits per heavy atom. The van der Waals surface area contributed by atoms with Crippen molar-refractivity contribution in [3.8, 4) is 0 Å². The van der Waals surface area contributed by atoms with Crippen molar-refractivity contribution < 1.29 is 4.79 Å². The second kappa shape index (κ2) is 6.97. The molecule has 0 bridgehead atoms. The van der Waals surface area contributed by atoms with E-state index in [1.54, 1.807) is 11.3 Å². The maximum Gasteiger partial charge on any atom is 0.227 e. The van der Waals surface area contributed by atoms with Gasteiger partial charge in [-0.1, -0.05) is 25.1 Å². The summed E-state index contributed by atoms with van der Waals surface area (Å²) in [6.07, 6.45) is 1.62. The molecular formula is C18H22N2OS. The van der Waals surface area contributed by atoms with Crippen LogP contribution in [0.15, 0.2) is 41.8 Å². The summed E-state index contributed by atoms with van der Waals surface area (Å²) in [5.41, 5.74) is 2.64. The van der Waals surface area contributed by atoms with Gasteiger partial charge < -0.3 is 9.80 Å². The molecule has 116 valence electrons. The molecule has 0 saturated carbocycles. The molecule has 2 aromatic rings. The van der Waals surface area contributed by atoms with Gasteiger partial charge in [0.15, 0.2) is 0 Å². The number of piperazine rings is 1. The third-order valence-electron chi connectivity index (χ3n) is 4.25. The van der Waals surface area contributed by atoms with E-state index in [-0.39, 0.29) is 5.91 Å². The topological polar surface area (TPSA) is 23.6 Å². The minimum atomic E-state index is 0.253. The first kappa shape index (κ1) is 15.1. The molecule has 3 rings (SSSR count). The highest BCUT2D eigenvalue weighted by Crippen LogP contribution is 2.18. The van der Waals surface area contributed by atoms with E-state index in [2.05, 4.69) is 36.1 Å². The number of thiophene rings is 1. The Morgan fingerprint density at radius 2 is 1.82 bits per heavy atom. The predicted octanol–water partition coefficient (Wildman–Crippen LogP) is 3.20. The van der Waals surface area contributed by atoms with E-state index in [0.717, 1.165) is 37.5 Å². The van der Waals surface area contributed by atoms with E-state index in [1.165, 1.54) is 11.3 Å². The van der Waals surface area contributed by atoms with E-state index < -0.39 is 0 Å². The molecule has 3 nitrogen and oxygen atoms in total. The van der Waals surface area contributed by atoms with Crippen molar-refractivity contribution in [3.63, 3.8) is 0 Å². The molecule has 1 aromatic carbocycles. The summed E-state index contributed by atoms with van der Waals surface area (Å²) in [7, 11) is 0. The third-order valence-corrected chi connectivity index (χ3v) is 5.12. The van der Waals surface area contributed by atoms with Crippen LogP contribution in [0.1, 0.15) is 17.4 Å². The molecule has 0 N–H and O–H groups in total. The first-order valence-electron chi connectivity index (χ1n) is 7.90. The van der Waals surface area contributed by atoms with Crippen LogP contribution in [0.3, 0.4) is 0 Å². The average Bonchev–Trinajstić information content (AvgIpc) is 3.08. The number of hydrogen-bond acceptors (Lipinski definition) is 3. The number of hydrogen-bond donors (Lipinski definition) is 0. The van der Waals surface area contributed by atoms with Crippen molar-refractivity contribution in [2.75, 3.05) is 31.1 Å². The predicted molar refractivity (Wildman–Crippen MR) is 92.6 cm³/mol. The Labute approximate surface area is 136 Å². The summed E-state index contributed by atoms with van der Waals surface area (Å²) in [5, 5.41) is 2.03. The molecule has 4 heteroatoms. The Morgan fingerprint density at radius 1 is 1.09 bits per heavy atom. The minimum absolute atomic E-state index is 0.253. The molecule has 22 heavy (non-hydrogen) atoms. The molecule has 1 amide bonds. The highest BCUT2D eigenvalue weighted by atomic mass is 32.1. The summed E-state index contributed by atoms with van der Waals surface area (Å²) < 4.78 is 0. The van der Waals surface area contributed by atoms with Gasteiger partial charge in [-0.2, -0.15) is 0 Å². The van der Waals surface area contributed by atoms with Gasteiger partial charge in [0.05, 0.1) is 6.42 Å². The van der Waals surface area contributed by atoms with Crippen molar-refractivity contribution in [1.29, 1.82) is 0 Å². The molecule has 0 aliphatic carbocycles. The summed E-state index contributed by atoms with van der Waals surface area (Å²) in [4.78, 5) is 17.8. The van der Waals surface area contributed by atoms with Gasteiger partial charge >= 0.3 is 0 Å². The van der Waals surface area contributed by atoms with Crippen LogP contribution in [0.5, 0.6) is 0 Å². The van der Waals surface area contributed by atoms with E-state index in [9.17, 15) is 4.79 Å². The van der Waals surface area contributed by atoms with Crippen LogP contribution in [0.25, 0.3) is 0 Å². The Bertz CT molecular complexity index is 599. The first-order chi connectivity index (χ1) is 10.8. The number of carbonyl (C=O) groups excluding carboxylic acids is 1. The lowest BCUT2D eigenvalue weighted by molar-refractivity contribution is -0.130. The molecule has 0 unspecified atom stereocenters. The Balaban J connectivity index is 1.54. The molecular weight excluding hydrogens is 292 g/mol. The number of nitrogens with zero attached hydrogens (tertiary/aromatic N) is 2. The average molecular weight is 314 g/mol. The molecule has 0 spiro atoms. The van der Waals surface area contributed by atoms with Crippen LogP contribution in [0.4, 0.5) is 5.69 Å². The van der Waals surface area contributed by atoms with Crippen LogP contribution in [0.2, 0.25) is 0 Å². The molecule has 1 saturated heterocycles. The van der Waals surface area contributed by atoms with Crippen molar-refractivity contribution in [1.82, 2.24) is 4.90 Å². The number of amides is 1. The maximum absolute atomic E-state index is 12.3. The van der Waals surface area contributed by atoms with Gasteiger partial charge in [-0.3, -0.25) is 4.79 Å². The van der Waals surface area contributed by atoms with Gasteiger partial charge in [-0.05, 0) is 35.6 Å². The lowest BCUT2D eigenvalue weighted by Crippen LogP contribution is -2.49. The molecule has 1 fully saturated rings. The van der Waals surface area contributed by atoms with Gasteiger partial charge in [0.2, 0.25) is 5.91 Å². The van der Waals surface area contributed by atoms with Crippen molar-refractivity contribution in [2.24, 2.45) is 0 Å². The summed E-state index contributed by atoms with van der Waals surface area (Å²) in [5.74, 6) is 0.253. The highest BCUT2D eigenvalue weighted by molar-refractivity contribution is 7.10. The van der Waals surface area contributed by atoms with E-state index >= 15 is 0 Å². The number of aryl methyl sites for hydroxylation is 1. The van der Waals surface area contributed by atoms with Crippen LogP contribution in [-0.2, 0) is 17.6 Å². The monoisotopic (exact) mass is 314 g/mol. The fourth-order valence-corrected chi connectivity index (χ4v) is 3.53.